The Bertz CT molecular complexity index is 1030. The number of hydrogen-bond donors (Lipinski definition) is 6. The van der Waals surface area contributed by atoms with E-state index in [0.717, 1.165) is 0 Å². The standard InChI is InChI=1S/C24H28N4O7/c25-17(13-21(30)31)22(32)28-18(11-15-7-3-1-4-8-15)23(33)26-14-20(29)27-19(24(34)35)12-16-9-5-2-6-10-16/h1-10,17-19H,11-14,25H2,(H,26,33)(H,27,29)(H,28,32)(H,30,31)(H,34,35). The summed E-state index contributed by atoms with van der Waals surface area (Å²) >= 11 is 0. The summed E-state index contributed by atoms with van der Waals surface area (Å²) in [6.45, 7) is -0.528. The van der Waals surface area contributed by atoms with Crippen molar-refractivity contribution in [1.82, 2.24) is 16.0 Å². The summed E-state index contributed by atoms with van der Waals surface area (Å²) in [6.07, 6.45) is -0.499. The predicted octanol–water partition coefficient (Wildman–Crippen LogP) is -0.556. The molecule has 35 heavy (non-hydrogen) atoms. The first kappa shape index (κ1) is 27.0. The van der Waals surface area contributed by atoms with Crippen molar-refractivity contribution in [2.45, 2.75) is 37.4 Å². The van der Waals surface area contributed by atoms with E-state index in [0.29, 0.717) is 11.1 Å². The number of rotatable bonds is 13. The molecule has 3 amide bonds. The largest absolute Gasteiger partial charge is 0.481 e. The Morgan fingerprint density at radius 2 is 1.26 bits per heavy atom. The van der Waals surface area contributed by atoms with Crippen molar-refractivity contribution in [3.05, 3.63) is 71.8 Å². The second-order valence-electron chi connectivity index (χ2n) is 7.82. The van der Waals surface area contributed by atoms with Gasteiger partial charge in [0, 0.05) is 12.8 Å². The molecule has 3 unspecified atom stereocenters. The first-order chi connectivity index (χ1) is 16.7. The highest BCUT2D eigenvalue weighted by atomic mass is 16.4. The van der Waals surface area contributed by atoms with Crippen LogP contribution in [-0.4, -0.2) is 64.5 Å². The van der Waals surface area contributed by atoms with Crippen molar-refractivity contribution in [3.63, 3.8) is 0 Å². The molecule has 3 atom stereocenters. The maximum Gasteiger partial charge on any atom is 0.326 e. The highest BCUT2D eigenvalue weighted by molar-refractivity contribution is 5.93. The van der Waals surface area contributed by atoms with Gasteiger partial charge in [-0.25, -0.2) is 4.79 Å². The predicted molar refractivity (Wildman–Crippen MR) is 125 cm³/mol. The van der Waals surface area contributed by atoms with Crippen LogP contribution in [0.3, 0.4) is 0 Å². The fraction of sp³-hybridized carbons (Fsp3) is 0.292. The number of carbonyl (C=O) groups is 5. The number of nitrogens with two attached hydrogens (primary N) is 1. The fourth-order valence-corrected chi connectivity index (χ4v) is 3.20. The van der Waals surface area contributed by atoms with Gasteiger partial charge in [-0.2, -0.15) is 0 Å². The number of hydrogen-bond acceptors (Lipinski definition) is 6. The van der Waals surface area contributed by atoms with Gasteiger partial charge >= 0.3 is 11.9 Å². The second kappa shape index (κ2) is 13.5. The van der Waals surface area contributed by atoms with Gasteiger partial charge in [-0.15, -0.1) is 0 Å². The van der Waals surface area contributed by atoms with E-state index in [-0.39, 0.29) is 12.8 Å². The summed E-state index contributed by atoms with van der Waals surface area (Å²) in [6, 6.07) is 13.8. The van der Waals surface area contributed by atoms with E-state index >= 15 is 0 Å². The number of amides is 3. The minimum absolute atomic E-state index is 0.0595. The van der Waals surface area contributed by atoms with Gasteiger partial charge in [0.05, 0.1) is 19.0 Å². The molecule has 186 valence electrons. The van der Waals surface area contributed by atoms with Gasteiger partial charge in [-0.1, -0.05) is 60.7 Å². The molecule has 0 aliphatic carbocycles. The average molecular weight is 485 g/mol. The Morgan fingerprint density at radius 1 is 0.743 bits per heavy atom. The molecular formula is C24H28N4O7. The Hall–Kier alpha value is -4.25. The molecule has 0 aliphatic heterocycles. The summed E-state index contributed by atoms with van der Waals surface area (Å²) in [7, 11) is 0. The SMILES string of the molecule is NC(CC(=O)O)C(=O)NC(Cc1ccccc1)C(=O)NCC(=O)NC(Cc1ccccc1)C(=O)O. The lowest BCUT2D eigenvalue weighted by atomic mass is 10.0. The van der Waals surface area contributed by atoms with E-state index in [1.165, 1.54) is 0 Å². The lowest BCUT2D eigenvalue weighted by Crippen LogP contribution is -2.54. The van der Waals surface area contributed by atoms with Crippen LogP contribution in [-0.2, 0) is 36.8 Å². The average Bonchev–Trinajstić information content (AvgIpc) is 2.82. The number of carbonyl (C=O) groups excluding carboxylic acids is 3. The van der Waals surface area contributed by atoms with Crippen LogP contribution in [0.5, 0.6) is 0 Å². The molecule has 0 aliphatic rings. The fourth-order valence-electron chi connectivity index (χ4n) is 3.20. The zero-order valence-corrected chi connectivity index (χ0v) is 18.8. The molecule has 2 rings (SSSR count). The summed E-state index contributed by atoms with van der Waals surface area (Å²) in [5.41, 5.74) is 7.01. The maximum absolute atomic E-state index is 12.8. The molecule has 0 saturated carbocycles. The molecule has 0 spiro atoms. The number of aliphatic carboxylic acids is 2. The number of carboxylic acids is 2. The van der Waals surface area contributed by atoms with Crippen LogP contribution in [0, 0.1) is 0 Å². The van der Waals surface area contributed by atoms with E-state index in [9.17, 15) is 29.1 Å². The third kappa shape index (κ3) is 9.64. The van der Waals surface area contributed by atoms with Crippen LogP contribution in [0.15, 0.2) is 60.7 Å². The van der Waals surface area contributed by atoms with Gasteiger partial charge in [0.2, 0.25) is 17.7 Å². The number of nitrogens with one attached hydrogen (secondary N) is 3. The van der Waals surface area contributed by atoms with Crippen LogP contribution in [0.4, 0.5) is 0 Å². The van der Waals surface area contributed by atoms with Gasteiger partial charge < -0.3 is 31.9 Å². The summed E-state index contributed by atoms with van der Waals surface area (Å²) < 4.78 is 0. The molecule has 0 bridgehead atoms. The van der Waals surface area contributed by atoms with Crippen molar-refractivity contribution in [2.75, 3.05) is 6.54 Å². The molecule has 0 aromatic heterocycles. The molecule has 0 radical (unpaired) electrons. The third-order valence-electron chi connectivity index (χ3n) is 4.99. The highest BCUT2D eigenvalue weighted by Gasteiger charge is 2.26. The molecule has 11 heteroatoms. The van der Waals surface area contributed by atoms with Crippen LogP contribution < -0.4 is 21.7 Å². The molecule has 2 aromatic carbocycles. The lowest BCUT2D eigenvalue weighted by molar-refractivity contribution is -0.141. The first-order valence-electron chi connectivity index (χ1n) is 10.8. The van der Waals surface area contributed by atoms with E-state index in [2.05, 4.69) is 16.0 Å². The Morgan fingerprint density at radius 3 is 1.74 bits per heavy atom. The Labute approximate surface area is 201 Å². The first-order valence-corrected chi connectivity index (χ1v) is 10.8. The zero-order valence-electron chi connectivity index (χ0n) is 18.8. The molecule has 0 saturated heterocycles. The summed E-state index contributed by atoms with van der Waals surface area (Å²) in [5.74, 6) is -4.77. The van der Waals surface area contributed by atoms with E-state index in [1.54, 1.807) is 60.7 Å². The smallest absolute Gasteiger partial charge is 0.326 e. The van der Waals surface area contributed by atoms with E-state index in [4.69, 9.17) is 10.8 Å². The maximum atomic E-state index is 12.8. The van der Waals surface area contributed by atoms with Gasteiger partial charge in [0.1, 0.15) is 12.1 Å². The summed E-state index contributed by atoms with van der Waals surface area (Å²) in [5, 5.41) is 25.4. The quantitative estimate of drug-likeness (QED) is 0.218. The van der Waals surface area contributed by atoms with Crippen LogP contribution in [0.1, 0.15) is 17.5 Å². The van der Waals surface area contributed by atoms with Crippen molar-refractivity contribution in [2.24, 2.45) is 5.73 Å². The molecular weight excluding hydrogens is 456 g/mol. The third-order valence-corrected chi connectivity index (χ3v) is 4.99. The van der Waals surface area contributed by atoms with Gasteiger partial charge in [0.15, 0.2) is 0 Å². The van der Waals surface area contributed by atoms with Crippen molar-refractivity contribution in [1.29, 1.82) is 0 Å². The van der Waals surface area contributed by atoms with Gasteiger partial charge in [-0.3, -0.25) is 19.2 Å². The van der Waals surface area contributed by atoms with Crippen LogP contribution >= 0.6 is 0 Å². The van der Waals surface area contributed by atoms with Crippen molar-refractivity contribution < 1.29 is 34.2 Å². The number of benzene rings is 2. The normalized spacial score (nSPS) is 13.1. The molecule has 2 aromatic rings. The van der Waals surface area contributed by atoms with Crippen molar-refractivity contribution in [3.8, 4) is 0 Å². The molecule has 0 fully saturated rings. The molecule has 7 N–H and O–H groups in total. The Balaban J connectivity index is 2.00. The van der Waals surface area contributed by atoms with E-state index in [1.807, 2.05) is 0 Å². The van der Waals surface area contributed by atoms with Gasteiger partial charge in [-0.05, 0) is 11.1 Å². The van der Waals surface area contributed by atoms with Crippen molar-refractivity contribution >= 4 is 29.7 Å². The second-order valence-corrected chi connectivity index (χ2v) is 7.82. The number of carboxylic acid groups (broad SMARTS) is 2. The van der Waals surface area contributed by atoms with Crippen LogP contribution in [0.25, 0.3) is 0 Å². The van der Waals surface area contributed by atoms with Gasteiger partial charge in [0.25, 0.3) is 0 Å². The molecule has 11 nitrogen and oxygen atoms in total. The Kier molecular flexibility index (Phi) is 10.4. The highest BCUT2D eigenvalue weighted by Crippen LogP contribution is 2.05. The lowest BCUT2D eigenvalue weighted by Gasteiger charge is -2.21. The van der Waals surface area contributed by atoms with E-state index < -0.39 is 60.8 Å². The molecule has 0 heterocycles. The summed E-state index contributed by atoms with van der Waals surface area (Å²) in [4.78, 5) is 59.8. The topological polar surface area (TPSA) is 188 Å². The minimum Gasteiger partial charge on any atom is -0.481 e. The monoisotopic (exact) mass is 484 g/mol. The minimum atomic E-state index is -1.36. The van der Waals surface area contributed by atoms with Crippen LogP contribution in [0.2, 0.25) is 0 Å². The zero-order chi connectivity index (χ0) is 25.8.